The summed E-state index contributed by atoms with van der Waals surface area (Å²) in [5.74, 6) is 1.03. The van der Waals surface area contributed by atoms with E-state index >= 15 is 0 Å². The first kappa shape index (κ1) is 13.0. The molecule has 0 bridgehead atoms. The van der Waals surface area contributed by atoms with Crippen molar-refractivity contribution in [3.63, 3.8) is 0 Å². The van der Waals surface area contributed by atoms with Crippen LogP contribution in [0.2, 0.25) is 0 Å². The van der Waals surface area contributed by atoms with Crippen LogP contribution < -0.4 is 5.32 Å². The molecule has 0 spiro atoms. The predicted molar refractivity (Wildman–Crippen MR) is 70.8 cm³/mol. The van der Waals surface area contributed by atoms with Gasteiger partial charge in [0.2, 0.25) is 0 Å². The van der Waals surface area contributed by atoms with E-state index in [1.54, 1.807) is 0 Å². The smallest absolute Gasteiger partial charge is 0.129 e. The Morgan fingerprint density at radius 3 is 2.81 bits per heavy atom. The molecule has 2 heteroatoms. The monoisotopic (exact) mass is 220 g/mol. The van der Waals surface area contributed by atoms with Crippen LogP contribution in [0, 0.1) is 6.92 Å². The summed E-state index contributed by atoms with van der Waals surface area (Å²) >= 11 is 0. The molecule has 2 nitrogen and oxygen atoms in total. The molecule has 1 aromatic heterocycles. The van der Waals surface area contributed by atoms with E-state index < -0.39 is 0 Å². The summed E-state index contributed by atoms with van der Waals surface area (Å²) in [6.07, 6.45) is 8.41. The van der Waals surface area contributed by atoms with Crippen molar-refractivity contribution in [3.8, 4) is 0 Å². The summed E-state index contributed by atoms with van der Waals surface area (Å²) in [5, 5.41) is 3.48. The minimum Gasteiger partial charge on any atom is -0.367 e. The van der Waals surface area contributed by atoms with Gasteiger partial charge in [0.15, 0.2) is 0 Å². The molecule has 1 heterocycles. The molecule has 1 atom stereocenters. The largest absolute Gasteiger partial charge is 0.367 e. The third kappa shape index (κ3) is 4.65. The van der Waals surface area contributed by atoms with Gasteiger partial charge < -0.3 is 5.32 Å². The molecular weight excluding hydrogens is 196 g/mol. The number of hydrogen-bond acceptors (Lipinski definition) is 2. The summed E-state index contributed by atoms with van der Waals surface area (Å²) in [5.41, 5.74) is 1.22. The molecule has 1 N–H and O–H groups in total. The van der Waals surface area contributed by atoms with Crippen LogP contribution in [0.15, 0.2) is 18.3 Å². The molecule has 0 aliphatic heterocycles. The third-order valence-electron chi connectivity index (χ3n) is 2.88. The SMILES string of the molecule is CCCCCCC(C)Nc1ncccc1C. The minimum atomic E-state index is 0.519. The van der Waals surface area contributed by atoms with Crippen LogP contribution in [0.4, 0.5) is 5.82 Å². The average molecular weight is 220 g/mol. The standard InChI is InChI=1S/C14H24N2/c1-4-5-6-7-10-13(3)16-14-12(2)9-8-11-15-14/h8-9,11,13H,4-7,10H2,1-3H3,(H,15,16). The first-order valence-electron chi connectivity index (χ1n) is 6.42. The molecule has 0 amide bonds. The van der Waals surface area contributed by atoms with Gasteiger partial charge in [-0.05, 0) is 31.9 Å². The van der Waals surface area contributed by atoms with Crippen molar-refractivity contribution in [3.05, 3.63) is 23.9 Å². The van der Waals surface area contributed by atoms with Crippen molar-refractivity contribution in [2.45, 2.75) is 58.9 Å². The zero-order chi connectivity index (χ0) is 11.8. The van der Waals surface area contributed by atoms with Crippen molar-refractivity contribution in [1.82, 2.24) is 4.98 Å². The molecule has 1 rings (SSSR count). The molecule has 0 aliphatic rings. The van der Waals surface area contributed by atoms with E-state index in [1.165, 1.54) is 37.7 Å². The summed E-state index contributed by atoms with van der Waals surface area (Å²) in [7, 11) is 0. The van der Waals surface area contributed by atoms with E-state index in [0.717, 1.165) is 5.82 Å². The number of pyridine rings is 1. The molecule has 0 saturated carbocycles. The molecular formula is C14H24N2. The third-order valence-corrected chi connectivity index (χ3v) is 2.88. The Balaban J connectivity index is 2.28. The maximum absolute atomic E-state index is 4.35. The van der Waals surface area contributed by atoms with Gasteiger partial charge in [0, 0.05) is 12.2 Å². The molecule has 0 aliphatic carbocycles. The van der Waals surface area contributed by atoms with E-state index in [2.05, 4.69) is 37.1 Å². The molecule has 1 unspecified atom stereocenters. The maximum atomic E-state index is 4.35. The lowest BCUT2D eigenvalue weighted by molar-refractivity contribution is 0.593. The second-order valence-corrected chi connectivity index (χ2v) is 4.56. The fourth-order valence-corrected chi connectivity index (χ4v) is 1.82. The Morgan fingerprint density at radius 1 is 1.31 bits per heavy atom. The van der Waals surface area contributed by atoms with Crippen LogP contribution in [0.25, 0.3) is 0 Å². The highest BCUT2D eigenvalue weighted by Crippen LogP contribution is 2.13. The van der Waals surface area contributed by atoms with Gasteiger partial charge in [0.1, 0.15) is 5.82 Å². The van der Waals surface area contributed by atoms with Gasteiger partial charge in [0.05, 0.1) is 0 Å². The van der Waals surface area contributed by atoms with Gasteiger partial charge >= 0.3 is 0 Å². The summed E-state index contributed by atoms with van der Waals surface area (Å²) < 4.78 is 0. The molecule has 0 radical (unpaired) electrons. The van der Waals surface area contributed by atoms with E-state index in [-0.39, 0.29) is 0 Å². The number of hydrogen-bond donors (Lipinski definition) is 1. The zero-order valence-electron chi connectivity index (χ0n) is 10.8. The normalized spacial score (nSPS) is 12.4. The van der Waals surface area contributed by atoms with Crippen LogP contribution in [0.5, 0.6) is 0 Å². The minimum absolute atomic E-state index is 0.519. The predicted octanol–water partition coefficient (Wildman–Crippen LogP) is 4.16. The number of anilines is 1. The number of aryl methyl sites for hydroxylation is 1. The van der Waals surface area contributed by atoms with Crippen molar-refractivity contribution in [2.24, 2.45) is 0 Å². The second-order valence-electron chi connectivity index (χ2n) is 4.56. The molecule has 0 aromatic carbocycles. The zero-order valence-corrected chi connectivity index (χ0v) is 10.8. The molecule has 16 heavy (non-hydrogen) atoms. The van der Waals surface area contributed by atoms with Crippen molar-refractivity contribution >= 4 is 5.82 Å². The fraction of sp³-hybridized carbons (Fsp3) is 0.643. The van der Waals surface area contributed by atoms with E-state index in [9.17, 15) is 0 Å². The van der Waals surface area contributed by atoms with E-state index in [4.69, 9.17) is 0 Å². The maximum Gasteiger partial charge on any atom is 0.129 e. The lowest BCUT2D eigenvalue weighted by Gasteiger charge is -2.15. The van der Waals surface area contributed by atoms with E-state index in [0.29, 0.717) is 6.04 Å². The highest BCUT2D eigenvalue weighted by molar-refractivity contribution is 5.43. The van der Waals surface area contributed by atoms with Crippen LogP contribution in [-0.2, 0) is 0 Å². The van der Waals surface area contributed by atoms with Gasteiger partial charge in [-0.15, -0.1) is 0 Å². The van der Waals surface area contributed by atoms with Crippen molar-refractivity contribution in [2.75, 3.05) is 5.32 Å². The Bertz CT molecular complexity index is 297. The highest BCUT2D eigenvalue weighted by atomic mass is 15.0. The number of nitrogens with zero attached hydrogens (tertiary/aromatic N) is 1. The number of aromatic nitrogens is 1. The average Bonchev–Trinajstić information content (AvgIpc) is 2.28. The molecule has 0 saturated heterocycles. The first-order chi connectivity index (χ1) is 7.74. The van der Waals surface area contributed by atoms with Gasteiger partial charge in [-0.3, -0.25) is 0 Å². The first-order valence-corrected chi connectivity index (χ1v) is 6.42. The van der Waals surface area contributed by atoms with Crippen LogP contribution in [-0.4, -0.2) is 11.0 Å². The fourth-order valence-electron chi connectivity index (χ4n) is 1.82. The topological polar surface area (TPSA) is 24.9 Å². The summed E-state index contributed by atoms with van der Waals surface area (Å²) in [6, 6.07) is 4.59. The number of unbranched alkanes of at least 4 members (excludes halogenated alkanes) is 3. The summed E-state index contributed by atoms with van der Waals surface area (Å²) in [6.45, 7) is 6.58. The lowest BCUT2D eigenvalue weighted by Crippen LogP contribution is -2.16. The Kier molecular flexibility index (Phi) is 5.91. The molecule has 1 aromatic rings. The van der Waals surface area contributed by atoms with Crippen LogP contribution >= 0.6 is 0 Å². The second kappa shape index (κ2) is 7.26. The molecule has 0 fully saturated rings. The number of nitrogens with one attached hydrogen (secondary N) is 1. The van der Waals surface area contributed by atoms with E-state index in [1.807, 2.05) is 12.3 Å². The lowest BCUT2D eigenvalue weighted by atomic mass is 10.1. The van der Waals surface area contributed by atoms with Gasteiger partial charge in [-0.25, -0.2) is 4.98 Å². The van der Waals surface area contributed by atoms with Gasteiger partial charge in [0.25, 0.3) is 0 Å². The molecule has 90 valence electrons. The van der Waals surface area contributed by atoms with Crippen LogP contribution in [0.3, 0.4) is 0 Å². The Morgan fingerprint density at radius 2 is 2.12 bits per heavy atom. The Hall–Kier alpha value is -1.05. The highest BCUT2D eigenvalue weighted by Gasteiger charge is 2.04. The van der Waals surface area contributed by atoms with Crippen molar-refractivity contribution < 1.29 is 0 Å². The summed E-state index contributed by atoms with van der Waals surface area (Å²) in [4.78, 5) is 4.35. The quantitative estimate of drug-likeness (QED) is 0.698. The van der Waals surface area contributed by atoms with Crippen molar-refractivity contribution in [1.29, 1.82) is 0 Å². The van der Waals surface area contributed by atoms with Gasteiger partial charge in [-0.2, -0.15) is 0 Å². The number of rotatable bonds is 7. The van der Waals surface area contributed by atoms with Gasteiger partial charge in [-0.1, -0.05) is 38.7 Å². The Labute approximate surface area is 99.5 Å². The van der Waals surface area contributed by atoms with Crippen LogP contribution in [0.1, 0.15) is 51.5 Å².